The lowest BCUT2D eigenvalue weighted by atomic mass is 10.2. The van der Waals surface area contributed by atoms with E-state index in [0.29, 0.717) is 6.54 Å². The van der Waals surface area contributed by atoms with Crippen LogP contribution >= 0.6 is 11.6 Å². The van der Waals surface area contributed by atoms with Crippen LogP contribution in [0.1, 0.15) is 11.4 Å². The third-order valence-corrected chi connectivity index (χ3v) is 3.06. The number of aromatic amines is 1. The molecule has 0 fully saturated rings. The van der Waals surface area contributed by atoms with Crippen molar-refractivity contribution in [2.75, 3.05) is 24.3 Å². The Morgan fingerprint density at radius 1 is 1.39 bits per heavy atom. The van der Waals surface area contributed by atoms with Crippen molar-refractivity contribution in [2.24, 2.45) is 0 Å². The smallest absolute Gasteiger partial charge is 0.0925 e. The summed E-state index contributed by atoms with van der Waals surface area (Å²) in [5.41, 5.74) is 4.21. The van der Waals surface area contributed by atoms with Crippen LogP contribution < -0.4 is 10.2 Å². The molecule has 5 heteroatoms. The average molecular weight is 265 g/mol. The van der Waals surface area contributed by atoms with Crippen LogP contribution in [0.2, 0.25) is 5.02 Å². The van der Waals surface area contributed by atoms with Gasteiger partial charge in [0, 0.05) is 24.8 Å². The second-order valence-corrected chi connectivity index (χ2v) is 4.82. The zero-order chi connectivity index (χ0) is 13.1. The van der Waals surface area contributed by atoms with Crippen LogP contribution in [0.15, 0.2) is 24.5 Å². The molecule has 0 saturated heterocycles. The number of nitrogens with one attached hydrogen (secondary N) is 2. The molecular weight excluding hydrogens is 248 g/mol. The van der Waals surface area contributed by atoms with E-state index in [4.69, 9.17) is 11.6 Å². The van der Waals surface area contributed by atoms with Crippen molar-refractivity contribution in [1.82, 2.24) is 9.97 Å². The number of aryl methyl sites for hydroxylation is 1. The van der Waals surface area contributed by atoms with Crippen LogP contribution in [0.25, 0.3) is 0 Å². The molecule has 0 amide bonds. The number of benzene rings is 1. The van der Waals surface area contributed by atoms with Gasteiger partial charge in [-0.1, -0.05) is 11.6 Å². The Kier molecular flexibility index (Phi) is 3.77. The third-order valence-electron chi connectivity index (χ3n) is 2.82. The van der Waals surface area contributed by atoms with E-state index in [0.717, 1.165) is 27.8 Å². The van der Waals surface area contributed by atoms with Crippen molar-refractivity contribution in [3.05, 3.63) is 40.9 Å². The van der Waals surface area contributed by atoms with E-state index in [1.165, 1.54) is 0 Å². The minimum Gasteiger partial charge on any atom is -0.378 e. The number of hydrogen-bond acceptors (Lipinski definition) is 3. The molecule has 1 aromatic carbocycles. The fourth-order valence-corrected chi connectivity index (χ4v) is 1.96. The second kappa shape index (κ2) is 5.31. The zero-order valence-electron chi connectivity index (χ0n) is 10.8. The molecule has 0 aliphatic rings. The van der Waals surface area contributed by atoms with Crippen LogP contribution in [0, 0.1) is 6.92 Å². The third kappa shape index (κ3) is 2.76. The molecule has 0 atom stereocenters. The Morgan fingerprint density at radius 2 is 2.17 bits per heavy atom. The molecule has 2 aromatic rings. The fraction of sp³-hybridized carbons (Fsp3) is 0.308. The number of H-pyrrole nitrogens is 1. The van der Waals surface area contributed by atoms with Gasteiger partial charge in [0.15, 0.2) is 0 Å². The second-order valence-electron chi connectivity index (χ2n) is 4.38. The first-order valence-corrected chi connectivity index (χ1v) is 6.15. The number of halogens is 1. The molecule has 4 nitrogen and oxygen atoms in total. The highest BCUT2D eigenvalue weighted by Gasteiger charge is 2.07. The summed E-state index contributed by atoms with van der Waals surface area (Å²) in [5, 5.41) is 4.09. The summed E-state index contributed by atoms with van der Waals surface area (Å²) in [4.78, 5) is 9.38. The number of rotatable bonds is 4. The molecule has 1 heterocycles. The van der Waals surface area contributed by atoms with Gasteiger partial charge in [-0.3, -0.25) is 0 Å². The van der Waals surface area contributed by atoms with Crippen molar-refractivity contribution in [3.63, 3.8) is 0 Å². The first-order valence-electron chi connectivity index (χ1n) is 5.77. The minimum atomic E-state index is 0.677. The molecule has 18 heavy (non-hydrogen) atoms. The highest BCUT2D eigenvalue weighted by atomic mass is 35.5. The van der Waals surface area contributed by atoms with Crippen LogP contribution in [0.4, 0.5) is 11.4 Å². The molecular formula is C13H17ClN4. The number of imidazole rings is 1. The number of anilines is 2. The Balaban J connectivity index is 2.18. The summed E-state index contributed by atoms with van der Waals surface area (Å²) >= 11 is 6.03. The van der Waals surface area contributed by atoms with E-state index in [9.17, 15) is 0 Å². The van der Waals surface area contributed by atoms with Crippen LogP contribution in [0.3, 0.4) is 0 Å². The van der Waals surface area contributed by atoms with Crippen molar-refractivity contribution in [3.8, 4) is 0 Å². The van der Waals surface area contributed by atoms with Gasteiger partial charge < -0.3 is 15.2 Å². The van der Waals surface area contributed by atoms with Gasteiger partial charge in [0.2, 0.25) is 0 Å². The summed E-state index contributed by atoms with van der Waals surface area (Å²) in [6.07, 6.45) is 1.71. The lowest BCUT2D eigenvalue weighted by Gasteiger charge is -2.18. The topological polar surface area (TPSA) is 44.0 Å². The summed E-state index contributed by atoms with van der Waals surface area (Å²) in [7, 11) is 4.02. The normalized spacial score (nSPS) is 10.4. The number of nitrogens with zero attached hydrogens (tertiary/aromatic N) is 2. The summed E-state index contributed by atoms with van der Waals surface area (Å²) < 4.78 is 0. The van der Waals surface area contributed by atoms with Gasteiger partial charge in [-0.05, 0) is 25.1 Å². The predicted molar refractivity (Wildman–Crippen MR) is 76.4 cm³/mol. The minimum absolute atomic E-state index is 0.677. The highest BCUT2D eigenvalue weighted by Crippen LogP contribution is 2.28. The van der Waals surface area contributed by atoms with Crippen molar-refractivity contribution in [1.29, 1.82) is 0 Å². The van der Waals surface area contributed by atoms with Gasteiger partial charge in [0.05, 0.1) is 29.9 Å². The molecule has 2 rings (SSSR count). The predicted octanol–water partition coefficient (Wildman–Crippen LogP) is 3.05. The average Bonchev–Trinajstić information content (AvgIpc) is 2.72. The zero-order valence-corrected chi connectivity index (χ0v) is 11.5. The Bertz CT molecular complexity index is 534. The monoisotopic (exact) mass is 264 g/mol. The summed E-state index contributed by atoms with van der Waals surface area (Å²) in [6, 6.07) is 5.82. The standard InChI is InChI=1S/C13H17ClN4/c1-9-12(17-8-16-9)7-15-11-6-10(14)4-5-13(11)18(2)3/h4-6,8,15H,7H2,1-3H3,(H,16,17). The van der Waals surface area contributed by atoms with Crippen LogP contribution in [0.5, 0.6) is 0 Å². The maximum Gasteiger partial charge on any atom is 0.0925 e. The van der Waals surface area contributed by atoms with E-state index >= 15 is 0 Å². The van der Waals surface area contributed by atoms with Gasteiger partial charge in [-0.2, -0.15) is 0 Å². The molecule has 96 valence electrons. The molecule has 0 radical (unpaired) electrons. The molecule has 0 aliphatic heterocycles. The van der Waals surface area contributed by atoms with E-state index in [1.807, 2.05) is 39.2 Å². The van der Waals surface area contributed by atoms with Gasteiger partial charge in [0.1, 0.15) is 0 Å². The first-order chi connectivity index (χ1) is 8.58. The molecule has 1 aromatic heterocycles. The highest BCUT2D eigenvalue weighted by molar-refractivity contribution is 6.31. The van der Waals surface area contributed by atoms with Gasteiger partial charge in [-0.15, -0.1) is 0 Å². The SMILES string of the molecule is Cc1[nH]cnc1CNc1cc(Cl)ccc1N(C)C. The molecule has 0 bridgehead atoms. The van der Waals surface area contributed by atoms with Gasteiger partial charge in [-0.25, -0.2) is 4.98 Å². The number of hydrogen-bond donors (Lipinski definition) is 2. The van der Waals surface area contributed by atoms with Crippen molar-refractivity contribution < 1.29 is 0 Å². The largest absolute Gasteiger partial charge is 0.378 e. The van der Waals surface area contributed by atoms with Crippen LogP contribution in [-0.4, -0.2) is 24.1 Å². The van der Waals surface area contributed by atoms with Crippen molar-refractivity contribution >= 4 is 23.0 Å². The van der Waals surface area contributed by atoms with Crippen molar-refractivity contribution in [2.45, 2.75) is 13.5 Å². The molecule has 0 aliphatic carbocycles. The first kappa shape index (κ1) is 12.8. The summed E-state index contributed by atoms with van der Waals surface area (Å²) in [5.74, 6) is 0. The molecule has 0 spiro atoms. The number of aromatic nitrogens is 2. The molecule has 0 saturated carbocycles. The Hall–Kier alpha value is -1.68. The lowest BCUT2D eigenvalue weighted by molar-refractivity contribution is 1.04. The maximum absolute atomic E-state index is 6.03. The van der Waals surface area contributed by atoms with Crippen LogP contribution in [-0.2, 0) is 6.54 Å². The van der Waals surface area contributed by atoms with E-state index < -0.39 is 0 Å². The lowest BCUT2D eigenvalue weighted by Crippen LogP contribution is -2.12. The van der Waals surface area contributed by atoms with Gasteiger partial charge >= 0.3 is 0 Å². The molecule has 0 unspecified atom stereocenters. The van der Waals surface area contributed by atoms with E-state index in [2.05, 4.69) is 20.2 Å². The van der Waals surface area contributed by atoms with E-state index in [-0.39, 0.29) is 0 Å². The summed E-state index contributed by atoms with van der Waals surface area (Å²) in [6.45, 7) is 2.69. The van der Waals surface area contributed by atoms with E-state index in [1.54, 1.807) is 6.33 Å². The molecule has 2 N–H and O–H groups in total. The quantitative estimate of drug-likeness (QED) is 0.892. The Labute approximate surface area is 112 Å². The Morgan fingerprint density at radius 3 is 2.78 bits per heavy atom. The van der Waals surface area contributed by atoms with Gasteiger partial charge in [0.25, 0.3) is 0 Å². The maximum atomic E-state index is 6.03. The fourth-order valence-electron chi connectivity index (χ4n) is 1.78.